The van der Waals surface area contributed by atoms with Crippen LogP contribution in [0.5, 0.6) is 0 Å². The Labute approximate surface area is 266 Å². The SMILES string of the molecule is C=CCN(Cc1ccccc1)C(=O)C1N(CCCCCO)C(=O)[C@@H]2[C@@H](C(=O)N(CC=C)Cc3ccccc3)[C@@]3(C)CCC12S3. The van der Waals surface area contributed by atoms with Gasteiger partial charge in [-0.3, -0.25) is 14.4 Å². The molecule has 0 aliphatic carbocycles. The number of nitrogens with zero attached hydrogens (tertiary/aromatic N) is 3. The Bertz CT molecular complexity index is 1350. The molecular weight excluding hydrogens is 570 g/mol. The van der Waals surface area contributed by atoms with Gasteiger partial charge in [0.25, 0.3) is 0 Å². The topological polar surface area (TPSA) is 81.2 Å². The number of thioether (sulfide) groups is 1. The van der Waals surface area contributed by atoms with E-state index in [0.29, 0.717) is 52.0 Å². The predicted molar refractivity (Wildman–Crippen MR) is 175 cm³/mol. The van der Waals surface area contributed by atoms with Crippen molar-refractivity contribution in [3.63, 3.8) is 0 Å². The Morgan fingerprint density at radius 1 is 0.909 bits per heavy atom. The van der Waals surface area contributed by atoms with Gasteiger partial charge in [0, 0.05) is 44.1 Å². The van der Waals surface area contributed by atoms with Crippen LogP contribution in [0.3, 0.4) is 0 Å². The van der Waals surface area contributed by atoms with Crippen molar-refractivity contribution in [2.24, 2.45) is 11.8 Å². The van der Waals surface area contributed by atoms with Gasteiger partial charge in [0.05, 0.1) is 16.6 Å². The lowest BCUT2D eigenvalue weighted by atomic mass is 9.66. The number of carbonyl (C=O) groups is 3. The lowest BCUT2D eigenvalue weighted by molar-refractivity contribution is -0.146. The number of benzene rings is 2. The van der Waals surface area contributed by atoms with Crippen LogP contribution < -0.4 is 0 Å². The van der Waals surface area contributed by atoms with Gasteiger partial charge >= 0.3 is 0 Å². The fourth-order valence-electron chi connectivity index (χ4n) is 7.65. The van der Waals surface area contributed by atoms with E-state index in [1.807, 2.05) is 70.5 Å². The van der Waals surface area contributed by atoms with Gasteiger partial charge in [-0.25, -0.2) is 0 Å². The third-order valence-corrected chi connectivity index (χ3v) is 11.6. The first-order valence-electron chi connectivity index (χ1n) is 15.8. The number of rotatable bonds is 15. The molecule has 2 unspecified atom stereocenters. The van der Waals surface area contributed by atoms with Crippen molar-refractivity contribution >= 4 is 29.5 Å². The van der Waals surface area contributed by atoms with Gasteiger partial charge in [0.1, 0.15) is 6.04 Å². The van der Waals surface area contributed by atoms with Crippen molar-refractivity contribution in [1.82, 2.24) is 14.7 Å². The monoisotopic (exact) mass is 615 g/mol. The van der Waals surface area contributed by atoms with Gasteiger partial charge in [0.2, 0.25) is 17.7 Å². The Morgan fingerprint density at radius 2 is 1.48 bits per heavy atom. The highest BCUT2D eigenvalue weighted by Crippen LogP contribution is 2.71. The van der Waals surface area contributed by atoms with E-state index in [0.717, 1.165) is 24.0 Å². The van der Waals surface area contributed by atoms with Gasteiger partial charge < -0.3 is 19.8 Å². The fraction of sp³-hybridized carbons (Fsp3) is 0.472. The van der Waals surface area contributed by atoms with Gasteiger partial charge in [0.15, 0.2) is 0 Å². The molecule has 2 aromatic rings. The highest BCUT2D eigenvalue weighted by Gasteiger charge is 2.77. The normalized spacial score (nSPS) is 26.8. The molecule has 2 bridgehead atoms. The molecule has 5 rings (SSSR count). The molecule has 3 fully saturated rings. The minimum absolute atomic E-state index is 0.0377. The molecule has 1 spiro atoms. The molecule has 3 aliphatic heterocycles. The molecule has 44 heavy (non-hydrogen) atoms. The van der Waals surface area contributed by atoms with E-state index < -0.39 is 27.4 Å². The van der Waals surface area contributed by atoms with Crippen molar-refractivity contribution in [1.29, 1.82) is 0 Å². The number of unbranched alkanes of at least 4 members (excludes halogenated alkanes) is 2. The summed E-state index contributed by atoms with van der Waals surface area (Å²) in [7, 11) is 0. The number of hydrogen-bond donors (Lipinski definition) is 1. The Morgan fingerprint density at radius 3 is 2.02 bits per heavy atom. The summed E-state index contributed by atoms with van der Waals surface area (Å²) in [5.74, 6) is -1.31. The molecule has 8 heteroatoms. The number of fused-ring (bicyclic) bond motifs is 1. The summed E-state index contributed by atoms with van der Waals surface area (Å²) in [5.41, 5.74) is 2.04. The average molecular weight is 616 g/mol. The summed E-state index contributed by atoms with van der Waals surface area (Å²) in [6, 6.07) is 19.1. The van der Waals surface area contributed by atoms with Gasteiger partial charge in [-0.05, 0) is 50.2 Å². The van der Waals surface area contributed by atoms with Crippen LogP contribution in [0.4, 0.5) is 0 Å². The quantitative estimate of drug-likeness (QED) is 0.224. The number of hydrogen-bond acceptors (Lipinski definition) is 5. The number of aliphatic hydroxyl groups is 1. The largest absolute Gasteiger partial charge is 0.396 e. The minimum Gasteiger partial charge on any atom is -0.396 e. The van der Waals surface area contributed by atoms with Gasteiger partial charge in [-0.15, -0.1) is 24.9 Å². The van der Waals surface area contributed by atoms with Crippen LogP contribution in [-0.2, 0) is 27.5 Å². The van der Waals surface area contributed by atoms with Crippen LogP contribution in [0, 0.1) is 11.8 Å². The molecule has 234 valence electrons. The summed E-state index contributed by atoms with van der Waals surface area (Å²) < 4.78 is -1.12. The highest BCUT2D eigenvalue weighted by atomic mass is 32.2. The van der Waals surface area contributed by atoms with E-state index in [1.165, 1.54) is 0 Å². The second kappa shape index (κ2) is 13.7. The maximum absolute atomic E-state index is 14.7. The molecule has 1 N–H and O–H groups in total. The molecule has 0 radical (unpaired) electrons. The number of carbonyl (C=O) groups excluding carboxylic acids is 3. The molecule has 3 amide bonds. The summed E-state index contributed by atoms with van der Waals surface area (Å²) in [6.45, 7) is 12.1. The van der Waals surface area contributed by atoms with E-state index in [4.69, 9.17) is 0 Å². The van der Waals surface area contributed by atoms with Crippen molar-refractivity contribution < 1.29 is 19.5 Å². The first-order chi connectivity index (χ1) is 21.3. The van der Waals surface area contributed by atoms with Crippen LogP contribution in [0.1, 0.15) is 50.2 Å². The molecule has 7 nitrogen and oxygen atoms in total. The lowest BCUT2D eigenvalue weighted by Crippen LogP contribution is -2.55. The lowest BCUT2D eigenvalue weighted by Gasteiger charge is -2.38. The van der Waals surface area contributed by atoms with E-state index in [1.54, 1.807) is 28.8 Å². The molecule has 3 heterocycles. The van der Waals surface area contributed by atoms with E-state index in [-0.39, 0.29) is 24.3 Å². The van der Waals surface area contributed by atoms with Crippen LogP contribution in [0.2, 0.25) is 0 Å². The van der Waals surface area contributed by atoms with Gasteiger partial charge in [-0.1, -0.05) is 72.8 Å². The summed E-state index contributed by atoms with van der Waals surface area (Å²) in [6.07, 6.45) is 7.07. The standard InChI is InChI=1S/C36H45N3O4S/c1-4-21-37(25-27-15-9-6-10-16-27)32(41)29-30-33(42)39(23-13-8-14-24-40)31(36(30)20-19-35(29,3)44-36)34(43)38(22-5-2)26-28-17-11-7-12-18-28/h4-7,9-12,15-18,29-31,40H,1-2,8,13-14,19-26H2,3H3/t29-,30-,31?,35+,36?/m0/s1. The summed E-state index contributed by atoms with van der Waals surface area (Å²) in [5, 5.41) is 9.36. The van der Waals surface area contributed by atoms with Gasteiger partial charge in [-0.2, -0.15) is 0 Å². The highest BCUT2D eigenvalue weighted by molar-refractivity contribution is 8.02. The molecular formula is C36H45N3O4S. The third kappa shape index (κ3) is 5.98. The van der Waals surface area contributed by atoms with E-state index >= 15 is 0 Å². The zero-order valence-electron chi connectivity index (χ0n) is 25.8. The predicted octanol–water partition coefficient (Wildman–Crippen LogP) is 5.06. The van der Waals surface area contributed by atoms with Crippen molar-refractivity contribution in [2.45, 2.75) is 67.7 Å². The van der Waals surface area contributed by atoms with E-state index in [9.17, 15) is 19.5 Å². The zero-order chi connectivity index (χ0) is 31.3. The van der Waals surface area contributed by atoms with Crippen LogP contribution in [-0.4, -0.2) is 79.3 Å². The second-order valence-corrected chi connectivity index (χ2v) is 14.4. The number of likely N-dealkylation sites (tertiary alicyclic amines) is 1. The van der Waals surface area contributed by atoms with Crippen LogP contribution in [0.15, 0.2) is 86.0 Å². The Kier molecular flexibility index (Phi) is 10.0. The number of amides is 3. The molecule has 3 saturated heterocycles. The maximum Gasteiger partial charge on any atom is 0.247 e. The second-order valence-electron chi connectivity index (χ2n) is 12.5. The molecule has 3 aliphatic rings. The first kappa shape index (κ1) is 32.0. The Balaban J connectivity index is 1.51. The zero-order valence-corrected chi connectivity index (χ0v) is 26.6. The first-order valence-corrected chi connectivity index (χ1v) is 16.6. The van der Waals surface area contributed by atoms with Crippen molar-refractivity contribution in [2.75, 3.05) is 26.2 Å². The maximum atomic E-state index is 14.7. The van der Waals surface area contributed by atoms with Crippen LogP contribution in [0.25, 0.3) is 0 Å². The molecule has 2 aromatic carbocycles. The molecule has 0 aromatic heterocycles. The fourth-order valence-corrected chi connectivity index (χ4v) is 9.99. The smallest absolute Gasteiger partial charge is 0.247 e. The third-order valence-electron chi connectivity index (χ3n) is 9.59. The summed E-state index contributed by atoms with van der Waals surface area (Å²) >= 11 is 1.71. The number of aliphatic hydroxyl groups excluding tert-OH is 1. The van der Waals surface area contributed by atoms with Crippen molar-refractivity contribution in [3.8, 4) is 0 Å². The summed E-state index contributed by atoms with van der Waals surface area (Å²) in [4.78, 5) is 49.2. The average Bonchev–Trinajstić information content (AvgIpc) is 3.59. The van der Waals surface area contributed by atoms with Crippen molar-refractivity contribution in [3.05, 3.63) is 97.1 Å². The minimum atomic E-state index is -0.678. The molecule has 5 atom stereocenters. The Hall–Kier alpha value is -3.36. The molecule has 0 saturated carbocycles. The van der Waals surface area contributed by atoms with E-state index in [2.05, 4.69) is 20.1 Å². The van der Waals surface area contributed by atoms with Crippen LogP contribution >= 0.6 is 11.8 Å².